The van der Waals surface area contributed by atoms with Crippen LogP contribution in [0.5, 0.6) is 0 Å². The van der Waals surface area contributed by atoms with Crippen molar-refractivity contribution in [3.05, 3.63) is 205 Å². The van der Waals surface area contributed by atoms with Crippen LogP contribution in [0.2, 0.25) is 0 Å². The molecular weight excluding hydrogens is 735 g/mol. The smallest absolute Gasteiger partial charge is 0.135 e. The third-order valence-electron chi connectivity index (χ3n) is 12.0. The van der Waals surface area contributed by atoms with Gasteiger partial charge in [-0.1, -0.05) is 72.3 Å². The zero-order chi connectivity index (χ0) is 39.7. The fourth-order valence-corrected chi connectivity index (χ4v) is 9.22. The van der Waals surface area contributed by atoms with Crippen molar-refractivity contribution >= 4 is 71.5 Å². The number of nitrogens with zero attached hydrogens (tertiary/aromatic N) is 5. The van der Waals surface area contributed by atoms with Crippen molar-refractivity contribution in [2.24, 2.45) is 4.99 Å². The van der Waals surface area contributed by atoms with Crippen LogP contribution in [0, 0.1) is 6.92 Å². The molecule has 0 saturated heterocycles. The van der Waals surface area contributed by atoms with Crippen LogP contribution in [0.3, 0.4) is 0 Å². The van der Waals surface area contributed by atoms with Crippen molar-refractivity contribution in [1.29, 1.82) is 0 Å². The molecule has 6 aromatic carbocycles. The van der Waals surface area contributed by atoms with E-state index in [9.17, 15) is 0 Å². The van der Waals surface area contributed by atoms with Gasteiger partial charge in [-0.2, -0.15) is 0 Å². The SMILES string of the molecule is Cc1ccc(C2=NC=CCC=C2)c(Cc2ccc3c(c2)c2ncccc2n3-c2ccc3oc4ccc(-c5ccc6c(c5)c5ncccc5n6-c5ccccc5)cc4c3c2)c1. The lowest BCUT2D eigenvalue weighted by molar-refractivity contribution is 0.669. The van der Waals surface area contributed by atoms with Crippen LogP contribution in [-0.4, -0.2) is 24.8 Å². The molecule has 1 aliphatic heterocycles. The summed E-state index contributed by atoms with van der Waals surface area (Å²) in [6.07, 6.45) is 13.8. The first-order valence-corrected chi connectivity index (χ1v) is 20.4. The molecule has 0 radical (unpaired) electrons. The van der Waals surface area contributed by atoms with Gasteiger partial charge in [-0.25, -0.2) is 0 Å². The Kier molecular flexibility index (Phi) is 7.78. The Labute approximate surface area is 345 Å². The van der Waals surface area contributed by atoms with E-state index in [1.807, 2.05) is 30.7 Å². The molecule has 12 rings (SSSR count). The van der Waals surface area contributed by atoms with Crippen molar-refractivity contribution < 1.29 is 4.42 Å². The number of hydrogen-bond acceptors (Lipinski definition) is 4. The van der Waals surface area contributed by atoms with Gasteiger partial charge in [-0.05, 0) is 139 Å². The van der Waals surface area contributed by atoms with Gasteiger partial charge in [0.15, 0.2) is 0 Å². The third kappa shape index (κ3) is 5.52. The van der Waals surface area contributed by atoms with Crippen LogP contribution >= 0.6 is 0 Å². The Hall–Kier alpha value is -7.83. The topological polar surface area (TPSA) is 61.1 Å². The Bertz CT molecular complexity index is 3620. The van der Waals surface area contributed by atoms with Crippen LogP contribution in [0.15, 0.2) is 192 Å². The molecule has 0 fully saturated rings. The first-order valence-electron chi connectivity index (χ1n) is 20.4. The number of hydrogen-bond donors (Lipinski definition) is 0. The highest BCUT2D eigenvalue weighted by Crippen LogP contribution is 2.39. The van der Waals surface area contributed by atoms with Crippen LogP contribution in [0.25, 0.3) is 88.3 Å². The van der Waals surface area contributed by atoms with Gasteiger partial charge < -0.3 is 13.6 Å². The Balaban J connectivity index is 0.958. The summed E-state index contributed by atoms with van der Waals surface area (Å²) in [6, 6.07) is 52.1. The lowest BCUT2D eigenvalue weighted by Gasteiger charge is -2.12. The third-order valence-corrected chi connectivity index (χ3v) is 12.0. The molecule has 0 N–H and O–H groups in total. The molecule has 11 aromatic rings. The maximum atomic E-state index is 6.46. The van der Waals surface area contributed by atoms with Crippen LogP contribution in [0.1, 0.15) is 28.7 Å². The molecule has 0 unspecified atom stereocenters. The quantitative estimate of drug-likeness (QED) is 0.169. The normalized spacial score (nSPS) is 13.1. The van der Waals surface area contributed by atoms with Crippen LogP contribution in [0.4, 0.5) is 0 Å². The molecule has 0 saturated carbocycles. The number of fused-ring (bicyclic) bond motifs is 9. The lowest BCUT2D eigenvalue weighted by Crippen LogP contribution is -2.03. The van der Waals surface area contributed by atoms with Gasteiger partial charge in [0.25, 0.3) is 0 Å². The summed E-state index contributed by atoms with van der Waals surface area (Å²) in [5.74, 6) is 0. The predicted molar refractivity (Wildman–Crippen MR) is 247 cm³/mol. The van der Waals surface area contributed by atoms with Crippen molar-refractivity contribution in [3.8, 4) is 22.5 Å². The van der Waals surface area contributed by atoms with Gasteiger partial charge in [-0.3, -0.25) is 15.0 Å². The van der Waals surface area contributed by atoms with Crippen molar-refractivity contribution in [2.75, 3.05) is 0 Å². The number of aliphatic imine (C=N–C) groups is 1. The zero-order valence-corrected chi connectivity index (χ0v) is 32.9. The van der Waals surface area contributed by atoms with Crippen molar-refractivity contribution in [1.82, 2.24) is 19.1 Å². The minimum absolute atomic E-state index is 0.789. The Morgan fingerprint density at radius 2 is 1.23 bits per heavy atom. The molecule has 60 heavy (non-hydrogen) atoms. The van der Waals surface area contributed by atoms with Crippen LogP contribution in [-0.2, 0) is 6.42 Å². The molecule has 6 heteroatoms. The van der Waals surface area contributed by atoms with E-state index in [4.69, 9.17) is 19.4 Å². The maximum Gasteiger partial charge on any atom is 0.135 e. The van der Waals surface area contributed by atoms with E-state index in [1.165, 1.54) is 22.3 Å². The summed E-state index contributed by atoms with van der Waals surface area (Å²) >= 11 is 0. The zero-order valence-electron chi connectivity index (χ0n) is 32.9. The standard InChI is InChI=1S/C54H37N5O/c1-34-15-20-41(46-12-6-3-7-25-55-46)38(28-34)29-35-16-21-47-44(30-35)53-50(14-9-26-56-53)59(47)40-19-24-52-43(33-40)42-31-37(18-23-51(42)60-52)36-17-22-48-45(32-36)54-49(13-8-27-57-54)58(48)39-10-4-2-5-11-39/h2,4-28,30-33H,3,29H2,1H3. The summed E-state index contributed by atoms with van der Waals surface area (Å²) in [4.78, 5) is 14.6. The molecule has 1 aliphatic rings. The largest absolute Gasteiger partial charge is 0.456 e. The number of aryl methyl sites for hydroxylation is 1. The van der Waals surface area contributed by atoms with E-state index < -0.39 is 0 Å². The minimum Gasteiger partial charge on any atom is -0.456 e. The van der Waals surface area contributed by atoms with E-state index in [0.717, 1.165) is 107 Å². The fraction of sp³-hybridized carbons (Fsp3) is 0.0556. The molecule has 0 amide bonds. The van der Waals surface area contributed by atoms with E-state index in [-0.39, 0.29) is 0 Å². The summed E-state index contributed by atoms with van der Waals surface area (Å²) in [6.45, 7) is 2.16. The molecule has 0 spiro atoms. The number of allylic oxidation sites excluding steroid dienone is 3. The molecule has 284 valence electrons. The summed E-state index contributed by atoms with van der Waals surface area (Å²) in [5, 5.41) is 4.40. The van der Waals surface area contributed by atoms with Crippen LogP contribution < -0.4 is 0 Å². The monoisotopic (exact) mass is 771 g/mol. The van der Waals surface area contributed by atoms with E-state index >= 15 is 0 Å². The minimum atomic E-state index is 0.789. The fourth-order valence-electron chi connectivity index (χ4n) is 9.22. The van der Waals surface area contributed by atoms with Crippen molar-refractivity contribution in [3.63, 3.8) is 0 Å². The molecule has 0 bridgehead atoms. The summed E-state index contributed by atoms with van der Waals surface area (Å²) in [7, 11) is 0. The van der Waals surface area contributed by atoms with Gasteiger partial charge in [0.2, 0.25) is 0 Å². The number of benzene rings is 6. The number of para-hydroxylation sites is 1. The molecule has 6 heterocycles. The van der Waals surface area contributed by atoms with E-state index in [0.29, 0.717) is 0 Å². The molecular formula is C54H37N5O. The number of pyridine rings is 2. The van der Waals surface area contributed by atoms with Gasteiger partial charge >= 0.3 is 0 Å². The highest BCUT2D eigenvalue weighted by atomic mass is 16.3. The molecule has 0 atom stereocenters. The Morgan fingerprint density at radius 1 is 0.550 bits per heavy atom. The molecule has 0 aliphatic carbocycles. The predicted octanol–water partition coefficient (Wildman–Crippen LogP) is 13.4. The van der Waals surface area contributed by atoms with E-state index in [1.54, 1.807) is 0 Å². The van der Waals surface area contributed by atoms with Gasteiger partial charge in [0.1, 0.15) is 11.2 Å². The second-order valence-electron chi connectivity index (χ2n) is 15.7. The lowest BCUT2D eigenvalue weighted by atomic mass is 9.94. The Morgan fingerprint density at radius 3 is 2.03 bits per heavy atom. The summed E-state index contributed by atoms with van der Waals surface area (Å²) in [5.41, 5.74) is 18.4. The van der Waals surface area contributed by atoms with Gasteiger partial charge in [0, 0.05) is 57.1 Å². The summed E-state index contributed by atoms with van der Waals surface area (Å²) < 4.78 is 11.1. The average Bonchev–Trinajstić information content (AvgIpc) is 3.84. The highest BCUT2D eigenvalue weighted by Gasteiger charge is 2.19. The number of aromatic nitrogens is 4. The number of furan rings is 1. The first-order chi connectivity index (χ1) is 29.6. The molecule has 6 nitrogen and oxygen atoms in total. The highest BCUT2D eigenvalue weighted by molar-refractivity contribution is 6.12. The maximum absolute atomic E-state index is 6.46. The second-order valence-corrected chi connectivity index (χ2v) is 15.7. The van der Waals surface area contributed by atoms with Gasteiger partial charge in [-0.15, -0.1) is 0 Å². The van der Waals surface area contributed by atoms with Gasteiger partial charge in [0.05, 0.1) is 38.8 Å². The average molecular weight is 772 g/mol. The first kappa shape index (κ1) is 34.2. The molecule has 5 aromatic heterocycles. The number of rotatable bonds is 6. The van der Waals surface area contributed by atoms with E-state index in [2.05, 4.69) is 168 Å². The second kappa shape index (κ2) is 13.6. The van der Waals surface area contributed by atoms with Crippen molar-refractivity contribution in [2.45, 2.75) is 19.8 Å².